The van der Waals surface area contributed by atoms with Gasteiger partial charge in [-0.2, -0.15) is 0 Å². The smallest absolute Gasteiger partial charge is 0.307 e. The number of anilines is 1. The Hall–Kier alpha value is -2.37. The molecule has 18 heavy (non-hydrogen) atoms. The van der Waals surface area contributed by atoms with E-state index in [0.717, 1.165) is 0 Å². The zero-order valence-corrected chi connectivity index (χ0v) is 9.29. The summed E-state index contributed by atoms with van der Waals surface area (Å²) >= 11 is 0. The van der Waals surface area contributed by atoms with E-state index >= 15 is 0 Å². The lowest BCUT2D eigenvalue weighted by Crippen LogP contribution is -2.16. The van der Waals surface area contributed by atoms with Gasteiger partial charge in [0.2, 0.25) is 5.91 Å². The molecule has 0 radical (unpaired) electrons. The average Bonchev–Trinajstić information content (AvgIpc) is 3.02. The first kappa shape index (κ1) is 10.8. The molecule has 0 aliphatic heterocycles. The second-order valence-electron chi connectivity index (χ2n) is 4.31. The first-order chi connectivity index (χ1) is 8.65. The molecule has 2 unspecified atom stereocenters. The Morgan fingerprint density at radius 1 is 1.39 bits per heavy atom. The first-order valence-electron chi connectivity index (χ1n) is 5.52. The molecule has 0 bridgehead atoms. The maximum absolute atomic E-state index is 11.7. The third-order valence-corrected chi connectivity index (χ3v) is 3.04. The number of carbonyl (C=O) groups excluding carboxylic acids is 1. The number of oxazole rings is 1. The molecule has 1 aromatic heterocycles. The maximum atomic E-state index is 11.7. The van der Waals surface area contributed by atoms with E-state index in [-0.39, 0.29) is 5.91 Å². The van der Waals surface area contributed by atoms with Crippen LogP contribution in [0.5, 0.6) is 0 Å². The predicted octanol–water partition coefficient (Wildman–Crippen LogP) is 1.49. The van der Waals surface area contributed by atoms with Crippen LogP contribution in [0.25, 0.3) is 11.1 Å². The number of aliphatic carboxylic acids is 1. The molecule has 2 N–H and O–H groups in total. The van der Waals surface area contributed by atoms with Gasteiger partial charge in [0.15, 0.2) is 12.0 Å². The van der Waals surface area contributed by atoms with E-state index in [1.165, 1.54) is 6.39 Å². The lowest BCUT2D eigenvalue weighted by Gasteiger charge is -2.03. The van der Waals surface area contributed by atoms with Crippen LogP contribution >= 0.6 is 0 Å². The molecular weight excluding hydrogens is 236 g/mol. The number of nitrogens with zero attached hydrogens (tertiary/aromatic N) is 1. The number of fused-ring (bicyclic) bond motifs is 1. The fraction of sp³-hybridized carbons (Fsp3) is 0.250. The van der Waals surface area contributed by atoms with Gasteiger partial charge in [-0.3, -0.25) is 9.59 Å². The highest BCUT2D eigenvalue weighted by Crippen LogP contribution is 2.39. The fourth-order valence-electron chi connectivity index (χ4n) is 1.93. The third-order valence-electron chi connectivity index (χ3n) is 3.04. The quantitative estimate of drug-likeness (QED) is 0.855. The van der Waals surface area contributed by atoms with E-state index in [2.05, 4.69) is 10.3 Å². The Morgan fingerprint density at radius 2 is 2.22 bits per heavy atom. The molecule has 1 fully saturated rings. The first-order valence-corrected chi connectivity index (χ1v) is 5.52. The summed E-state index contributed by atoms with van der Waals surface area (Å²) in [5.74, 6) is -2.14. The molecule has 1 aliphatic carbocycles. The number of carboxylic acid groups (broad SMARTS) is 1. The summed E-state index contributed by atoms with van der Waals surface area (Å²) in [6.07, 6.45) is 1.74. The predicted molar refractivity (Wildman–Crippen MR) is 61.9 cm³/mol. The number of nitrogens with one attached hydrogen (secondary N) is 1. The lowest BCUT2D eigenvalue weighted by atomic mass is 10.2. The number of amides is 1. The van der Waals surface area contributed by atoms with E-state index in [1.54, 1.807) is 18.2 Å². The van der Waals surface area contributed by atoms with Gasteiger partial charge in [-0.15, -0.1) is 0 Å². The minimum absolute atomic E-state index is 0.263. The van der Waals surface area contributed by atoms with Crippen molar-refractivity contribution in [2.75, 3.05) is 5.32 Å². The molecule has 0 spiro atoms. The highest BCUT2D eigenvalue weighted by molar-refractivity contribution is 5.99. The van der Waals surface area contributed by atoms with Gasteiger partial charge in [-0.05, 0) is 18.6 Å². The summed E-state index contributed by atoms with van der Waals surface area (Å²) in [7, 11) is 0. The highest BCUT2D eigenvalue weighted by Gasteiger charge is 2.48. The van der Waals surface area contributed by atoms with Crippen LogP contribution in [0.3, 0.4) is 0 Å². The van der Waals surface area contributed by atoms with Crippen molar-refractivity contribution in [2.24, 2.45) is 11.8 Å². The average molecular weight is 246 g/mol. The molecule has 2 atom stereocenters. The van der Waals surface area contributed by atoms with E-state index in [4.69, 9.17) is 9.52 Å². The Morgan fingerprint density at radius 3 is 2.94 bits per heavy atom. The Balaban J connectivity index is 1.72. The summed E-state index contributed by atoms with van der Waals surface area (Å²) < 4.78 is 5.12. The van der Waals surface area contributed by atoms with E-state index < -0.39 is 17.8 Å². The van der Waals surface area contributed by atoms with Gasteiger partial charge < -0.3 is 14.8 Å². The van der Waals surface area contributed by atoms with Crippen LogP contribution in [-0.2, 0) is 9.59 Å². The van der Waals surface area contributed by atoms with Gasteiger partial charge in [0.1, 0.15) is 5.52 Å². The molecular formula is C12H10N2O4. The minimum atomic E-state index is -0.916. The molecule has 1 aliphatic rings. The van der Waals surface area contributed by atoms with E-state index in [1.807, 2.05) is 0 Å². The highest BCUT2D eigenvalue weighted by atomic mass is 16.4. The van der Waals surface area contributed by atoms with Gasteiger partial charge >= 0.3 is 5.97 Å². The van der Waals surface area contributed by atoms with E-state index in [9.17, 15) is 9.59 Å². The number of rotatable bonds is 3. The molecule has 1 heterocycles. The van der Waals surface area contributed by atoms with Crippen LogP contribution in [0.4, 0.5) is 5.69 Å². The molecule has 0 saturated heterocycles. The van der Waals surface area contributed by atoms with Crippen molar-refractivity contribution < 1.29 is 19.1 Å². The van der Waals surface area contributed by atoms with Crippen molar-refractivity contribution in [3.8, 4) is 0 Å². The third kappa shape index (κ3) is 1.81. The summed E-state index contributed by atoms with van der Waals surface area (Å²) in [6.45, 7) is 0. The number of benzene rings is 1. The van der Waals surface area contributed by atoms with Crippen LogP contribution in [0.15, 0.2) is 29.0 Å². The number of carbonyl (C=O) groups is 2. The largest absolute Gasteiger partial charge is 0.481 e. The maximum Gasteiger partial charge on any atom is 0.307 e. The van der Waals surface area contributed by atoms with Gasteiger partial charge in [0, 0.05) is 11.8 Å². The molecule has 1 aromatic carbocycles. The van der Waals surface area contributed by atoms with E-state index in [0.29, 0.717) is 23.2 Å². The van der Waals surface area contributed by atoms with Crippen molar-refractivity contribution in [3.63, 3.8) is 0 Å². The molecule has 1 saturated carbocycles. The molecule has 92 valence electrons. The molecule has 2 aromatic rings. The Kier molecular flexibility index (Phi) is 2.29. The van der Waals surface area contributed by atoms with Crippen LogP contribution in [0, 0.1) is 11.8 Å². The Bertz CT molecular complexity index is 634. The van der Waals surface area contributed by atoms with Crippen molar-refractivity contribution in [1.29, 1.82) is 0 Å². The summed E-state index contributed by atoms with van der Waals surface area (Å²) in [4.78, 5) is 26.4. The monoisotopic (exact) mass is 246 g/mol. The molecule has 3 rings (SSSR count). The molecule has 1 amide bonds. The van der Waals surface area contributed by atoms with Gasteiger partial charge in [0.25, 0.3) is 0 Å². The molecule has 6 nitrogen and oxygen atoms in total. The van der Waals surface area contributed by atoms with Gasteiger partial charge in [0.05, 0.1) is 11.8 Å². The van der Waals surface area contributed by atoms with Gasteiger partial charge in [-0.25, -0.2) is 4.98 Å². The van der Waals surface area contributed by atoms with Crippen LogP contribution < -0.4 is 5.32 Å². The summed E-state index contributed by atoms with van der Waals surface area (Å²) in [6, 6.07) is 5.11. The zero-order valence-electron chi connectivity index (χ0n) is 9.29. The SMILES string of the molecule is O=C(O)C1CC1C(=O)Nc1ccc2ncoc2c1. The van der Waals surface area contributed by atoms with Crippen molar-refractivity contribution in [2.45, 2.75) is 6.42 Å². The summed E-state index contributed by atoms with van der Waals surface area (Å²) in [5.41, 5.74) is 1.88. The van der Waals surface area contributed by atoms with Crippen molar-refractivity contribution in [1.82, 2.24) is 4.98 Å². The second-order valence-corrected chi connectivity index (χ2v) is 4.31. The number of hydrogen-bond acceptors (Lipinski definition) is 4. The van der Waals surface area contributed by atoms with Crippen molar-refractivity contribution in [3.05, 3.63) is 24.6 Å². The lowest BCUT2D eigenvalue weighted by molar-refractivity contribution is -0.139. The fourth-order valence-corrected chi connectivity index (χ4v) is 1.93. The standard InChI is InChI=1S/C12H10N2O4/c15-11(7-4-8(7)12(16)17)14-6-1-2-9-10(3-6)18-5-13-9/h1-3,5,7-8H,4H2,(H,14,15)(H,16,17). The topological polar surface area (TPSA) is 92.4 Å². The number of hydrogen-bond donors (Lipinski definition) is 2. The minimum Gasteiger partial charge on any atom is -0.481 e. The Labute approximate surface area is 102 Å². The zero-order chi connectivity index (χ0) is 12.7. The van der Waals surface area contributed by atoms with Crippen LogP contribution in [0.1, 0.15) is 6.42 Å². The van der Waals surface area contributed by atoms with Crippen LogP contribution in [-0.4, -0.2) is 22.0 Å². The number of carboxylic acids is 1. The molecule has 6 heteroatoms. The normalized spacial score (nSPS) is 21.8. The second kappa shape index (κ2) is 3.83. The summed E-state index contributed by atoms with van der Waals surface area (Å²) in [5, 5.41) is 11.4. The van der Waals surface area contributed by atoms with Gasteiger partial charge in [-0.1, -0.05) is 0 Å². The van der Waals surface area contributed by atoms with Crippen LogP contribution in [0.2, 0.25) is 0 Å². The van der Waals surface area contributed by atoms with Crippen molar-refractivity contribution >= 4 is 28.7 Å². The number of aromatic nitrogens is 1.